The highest BCUT2D eigenvalue weighted by Crippen LogP contribution is 2.32. The molecule has 2 N–H and O–H groups in total. The van der Waals surface area contributed by atoms with Crippen molar-refractivity contribution in [1.29, 1.82) is 0 Å². The summed E-state index contributed by atoms with van der Waals surface area (Å²) in [7, 11) is 0. The minimum absolute atomic E-state index is 0.0343. The molecule has 6 nitrogen and oxygen atoms in total. The summed E-state index contributed by atoms with van der Waals surface area (Å²) in [6.07, 6.45) is -0.325. The summed E-state index contributed by atoms with van der Waals surface area (Å²) < 4.78 is 42.0. The van der Waals surface area contributed by atoms with Gasteiger partial charge in [0.25, 0.3) is 5.92 Å². The van der Waals surface area contributed by atoms with E-state index in [1.54, 1.807) is 0 Å². The molecule has 32 heavy (non-hydrogen) atoms. The lowest BCUT2D eigenvalue weighted by molar-refractivity contribution is -0.138. The molecule has 2 amide bonds. The summed E-state index contributed by atoms with van der Waals surface area (Å²) in [4.78, 5) is 29.6. The number of hydrogen-bond donors (Lipinski definition) is 1. The van der Waals surface area contributed by atoms with Gasteiger partial charge in [0, 0.05) is 44.7 Å². The molecule has 0 aliphatic carbocycles. The predicted octanol–water partition coefficient (Wildman–Crippen LogP) is 2.66. The van der Waals surface area contributed by atoms with Crippen molar-refractivity contribution in [2.24, 2.45) is 5.73 Å². The largest absolute Gasteiger partial charge is 0.367 e. The van der Waals surface area contributed by atoms with Crippen LogP contribution in [0.3, 0.4) is 0 Å². The molecular formula is C23H25F3N4O2. The van der Waals surface area contributed by atoms with E-state index in [4.69, 9.17) is 5.73 Å². The molecule has 2 fully saturated rings. The smallest absolute Gasteiger partial charge is 0.267 e. The van der Waals surface area contributed by atoms with E-state index < -0.39 is 30.2 Å². The van der Waals surface area contributed by atoms with Gasteiger partial charge in [-0.1, -0.05) is 30.3 Å². The molecule has 2 aliphatic heterocycles. The fourth-order valence-electron chi connectivity index (χ4n) is 4.38. The zero-order chi connectivity index (χ0) is 22.9. The Bertz CT molecular complexity index is 994. The molecule has 2 aromatic rings. The van der Waals surface area contributed by atoms with Crippen molar-refractivity contribution >= 4 is 17.5 Å². The number of benzene rings is 2. The van der Waals surface area contributed by atoms with Crippen LogP contribution in [0.25, 0.3) is 0 Å². The van der Waals surface area contributed by atoms with E-state index in [1.807, 2.05) is 40.1 Å². The molecule has 2 aromatic carbocycles. The number of hydrogen-bond acceptors (Lipinski definition) is 4. The first-order valence-electron chi connectivity index (χ1n) is 10.5. The molecule has 9 heteroatoms. The summed E-state index contributed by atoms with van der Waals surface area (Å²) in [5.74, 6) is -4.43. The third-order valence-electron chi connectivity index (χ3n) is 6.08. The van der Waals surface area contributed by atoms with E-state index in [0.717, 1.165) is 11.6 Å². The highest BCUT2D eigenvalue weighted by Gasteiger charge is 2.43. The molecule has 1 atom stereocenters. The van der Waals surface area contributed by atoms with Gasteiger partial charge in [-0.05, 0) is 23.8 Å². The lowest BCUT2D eigenvalue weighted by atomic mass is 10.0. The van der Waals surface area contributed by atoms with Crippen LogP contribution in [0.1, 0.15) is 28.4 Å². The predicted molar refractivity (Wildman–Crippen MR) is 114 cm³/mol. The molecule has 0 bridgehead atoms. The Labute approximate surface area is 184 Å². The van der Waals surface area contributed by atoms with Crippen molar-refractivity contribution < 1.29 is 22.8 Å². The third-order valence-corrected chi connectivity index (χ3v) is 6.08. The maximum atomic E-state index is 14.5. The topological polar surface area (TPSA) is 69.9 Å². The molecule has 2 aliphatic rings. The van der Waals surface area contributed by atoms with E-state index in [2.05, 4.69) is 0 Å². The van der Waals surface area contributed by atoms with Crippen LogP contribution in [-0.4, -0.2) is 66.8 Å². The number of piperazine rings is 1. The highest BCUT2D eigenvalue weighted by atomic mass is 19.3. The number of halogens is 3. The number of rotatable bonds is 5. The van der Waals surface area contributed by atoms with Gasteiger partial charge >= 0.3 is 0 Å². The van der Waals surface area contributed by atoms with Gasteiger partial charge in [0.2, 0.25) is 11.8 Å². The lowest BCUT2D eigenvalue weighted by Crippen LogP contribution is -2.51. The molecule has 0 aromatic heterocycles. The number of alkyl halides is 2. The molecule has 0 spiro atoms. The van der Waals surface area contributed by atoms with Crippen LogP contribution in [0, 0.1) is 5.82 Å². The van der Waals surface area contributed by atoms with Crippen molar-refractivity contribution in [3.05, 3.63) is 65.5 Å². The highest BCUT2D eigenvalue weighted by molar-refractivity contribution is 5.93. The number of primary amides is 1. The maximum absolute atomic E-state index is 14.5. The Morgan fingerprint density at radius 3 is 2.22 bits per heavy atom. The van der Waals surface area contributed by atoms with Crippen LogP contribution >= 0.6 is 0 Å². The van der Waals surface area contributed by atoms with E-state index in [9.17, 15) is 22.8 Å². The zero-order valence-corrected chi connectivity index (χ0v) is 17.5. The summed E-state index contributed by atoms with van der Waals surface area (Å²) >= 11 is 0. The first-order valence-corrected chi connectivity index (χ1v) is 10.5. The Balaban J connectivity index is 1.51. The van der Waals surface area contributed by atoms with Gasteiger partial charge in [0.15, 0.2) is 0 Å². The Morgan fingerprint density at radius 1 is 0.969 bits per heavy atom. The van der Waals surface area contributed by atoms with Gasteiger partial charge in [0.1, 0.15) is 11.9 Å². The first-order chi connectivity index (χ1) is 15.2. The van der Waals surface area contributed by atoms with Gasteiger partial charge in [-0.2, -0.15) is 0 Å². The molecule has 4 rings (SSSR count). The van der Waals surface area contributed by atoms with Crippen LogP contribution in [0.4, 0.5) is 18.9 Å². The quantitative estimate of drug-likeness (QED) is 0.767. The van der Waals surface area contributed by atoms with Crippen molar-refractivity contribution in [2.45, 2.75) is 18.4 Å². The van der Waals surface area contributed by atoms with Crippen molar-refractivity contribution in [1.82, 2.24) is 9.80 Å². The number of amides is 2. The summed E-state index contributed by atoms with van der Waals surface area (Å²) in [5, 5.41) is 0. The number of nitrogens with two attached hydrogens (primary N) is 1. The number of likely N-dealkylation sites (tertiary alicyclic amines) is 1. The van der Waals surface area contributed by atoms with Crippen LogP contribution < -0.4 is 10.6 Å². The van der Waals surface area contributed by atoms with E-state index in [-0.39, 0.29) is 24.4 Å². The fourth-order valence-corrected chi connectivity index (χ4v) is 4.38. The van der Waals surface area contributed by atoms with Gasteiger partial charge in [-0.15, -0.1) is 0 Å². The molecule has 2 heterocycles. The van der Waals surface area contributed by atoms with Gasteiger partial charge in [0.05, 0.1) is 12.2 Å². The molecule has 2 saturated heterocycles. The summed E-state index contributed by atoms with van der Waals surface area (Å²) in [6, 6.07) is 12.6. The molecule has 1 unspecified atom stereocenters. The minimum Gasteiger partial charge on any atom is -0.367 e. The number of nitrogens with zero attached hydrogens (tertiary/aromatic N) is 3. The Morgan fingerprint density at radius 2 is 1.66 bits per heavy atom. The summed E-state index contributed by atoms with van der Waals surface area (Å²) in [5.41, 5.74) is 6.41. The Hall–Kier alpha value is -3.07. The number of anilines is 1. The minimum atomic E-state index is -2.86. The van der Waals surface area contributed by atoms with Crippen molar-refractivity contribution in [3.63, 3.8) is 0 Å². The maximum Gasteiger partial charge on any atom is 0.267 e. The number of carbonyl (C=O) groups excluding carboxylic acids is 2. The average Bonchev–Trinajstić information content (AvgIpc) is 3.15. The van der Waals surface area contributed by atoms with Gasteiger partial charge in [-0.25, -0.2) is 13.2 Å². The van der Waals surface area contributed by atoms with Crippen molar-refractivity contribution in [2.75, 3.05) is 44.2 Å². The molecule has 0 radical (unpaired) electrons. The van der Waals surface area contributed by atoms with Gasteiger partial charge < -0.3 is 15.5 Å². The monoisotopic (exact) mass is 446 g/mol. The second-order valence-corrected chi connectivity index (χ2v) is 8.23. The van der Waals surface area contributed by atoms with Crippen LogP contribution in [0.15, 0.2) is 48.5 Å². The molecule has 170 valence electrons. The molecular weight excluding hydrogens is 421 g/mol. The first kappa shape index (κ1) is 22.1. The van der Waals surface area contributed by atoms with Gasteiger partial charge in [-0.3, -0.25) is 14.5 Å². The van der Waals surface area contributed by atoms with Crippen LogP contribution in [-0.2, 0) is 4.79 Å². The van der Waals surface area contributed by atoms with E-state index >= 15 is 0 Å². The van der Waals surface area contributed by atoms with Crippen LogP contribution in [0.5, 0.6) is 0 Å². The zero-order valence-electron chi connectivity index (χ0n) is 17.5. The molecule has 0 saturated carbocycles. The van der Waals surface area contributed by atoms with Crippen molar-refractivity contribution in [3.8, 4) is 0 Å². The second kappa shape index (κ2) is 8.82. The average molecular weight is 446 g/mol. The normalized spacial score (nSPS) is 19.7. The van der Waals surface area contributed by atoms with E-state index in [0.29, 0.717) is 31.9 Å². The fraction of sp³-hybridized carbons (Fsp3) is 0.391. The van der Waals surface area contributed by atoms with Crippen LogP contribution in [0.2, 0.25) is 0 Å². The SMILES string of the molecule is NC(=O)c1ccc(N2CCN(C(C(=O)N3CCC(F)(F)C3)c3ccccc3)CC2)c(F)c1. The summed E-state index contributed by atoms with van der Waals surface area (Å²) in [6.45, 7) is 1.26. The standard InChI is InChI=1S/C23H25F3N4O2/c24-18-14-17(21(27)31)6-7-19(18)28-10-12-29(13-11-28)20(16-4-2-1-3-5-16)22(32)30-9-8-23(25,26)15-30/h1-7,14,20H,8-13,15H2,(H2,27,31). The van der Waals surface area contributed by atoms with E-state index in [1.165, 1.54) is 17.0 Å². The third kappa shape index (κ3) is 4.57. The lowest BCUT2D eigenvalue weighted by Gasteiger charge is -2.40. The Kier molecular flexibility index (Phi) is 6.10. The second-order valence-electron chi connectivity index (χ2n) is 8.23. The number of carbonyl (C=O) groups is 2.